The first-order valence-electron chi connectivity index (χ1n) is 7.20. The van der Waals surface area contributed by atoms with Crippen LogP contribution in [0.15, 0.2) is 18.2 Å². The van der Waals surface area contributed by atoms with Gasteiger partial charge in [-0.3, -0.25) is 9.59 Å². The number of carbonyl (C=O) groups excluding carboxylic acids is 2. The number of benzene rings is 1. The van der Waals surface area contributed by atoms with Gasteiger partial charge in [0.25, 0.3) is 5.91 Å². The molecule has 1 aromatic rings. The number of amides is 2. The molecule has 116 valence electrons. The normalized spacial score (nSPS) is 13.7. The van der Waals surface area contributed by atoms with E-state index in [2.05, 4.69) is 10.6 Å². The molecule has 0 radical (unpaired) electrons. The molecule has 4 N–H and O–H groups in total. The van der Waals surface area contributed by atoms with Crippen LogP contribution in [0, 0.1) is 12.8 Å². The summed E-state index contributed by atoms with van der Waals surface area (Å²) in [5, 5.41) is 5.68. The van der Waals surface area contributed by atoms with Crippen LogP contribution in [0.1, 0.15) is 43.6 Å². The number of rotatable bonds is 5. The predicted molar refractivity (Wildman–Crippen MR) is 85.2 cm³/mol. The van der Waals surface area contributed by atoms with Crippen LogP contribution in [0.3, 0.4) is 0 Å². The fraction of sp³-hybridized carbons (Fsp3) is 0.500. The predicted octanol–water partition coefficient (Wildman–Crippen LogP) is 2.06. The molecule has 21 heavy (non-hydrogen) atoms. The van der Waals surface area contributed by atoms with Crippen molar-refractivity contribution < 1.29 is 9.59 Å². The lowest BCUT2D eigenvalue weighted by molar-refractivity contribution is -0.119. The average molecular weight is 291 g/mol. The SMILES string of the molecule is Cc1cc(C(=O)NC(C)C)ccc1NC(=O)C(C)C(C)N. The van der Waals surface area contributed by atoms with Gasteiger partial charge in [0.15, 0.2) is 0 Å². The Bertz CT molecular complexity index is 524. The summed E-state index contributed by atoms with van der Waals surface area (Å²) in [6, 6.07) is 5.10. The van der Waals surface area contributed by atoms with Crippen LogP contribution in [0.25, 0.3) is 0 Å². The maximum absolute atomic E-state index is 12.0. The zero-order valence-electron chi connectivity index (χ0n) is 13.4. The molecule has 0 aliphatic heterocycles. The minimum Gasteiger partial charge on any atom is -0.350 e. The molecule has 0 spiro atoms. The summed E-state index contributed by atoms with van der Waals surface area (Å²) in [4.78, 5) is 23.9. The van der Waals surface area contributed by atoms with Gasteiger partial charge in [0, 0.05) is 23.3 Å². The van der Waals surface area contributed by atoms with Gasteiger partial charge in [0.1, 0.15) is 0 Å². The van der Waals surface area contributed by atoms with E-state index >= 15 is 0 Å². The fourth-order valence-corrected chi connectivity index (χ4v) is 1.78. The molecule has 0 heterocycles. The van der Waals surface area contributed by atoms with Crippen molar-refractivity contribution in [2.24, 2.45) is 11.7 Å². The highest BCUT2D eigenvalue weighted by molar-refractivity contribution is 5.97. The van der Waals surface area contributed by atoms with E-state index in [0.29, 0.717) is 11.3 Å². The highest BCUT2D eigenvalue weighted by Crippen LogP contribution is 2.18. The molecule has 2 amide bonds. The van der Waals surface area contributed by atoms with Gasteiger partial charge in [-0.1, -0.05) is 6.92 Å². The number of anilines is 1. The zero-order chi connectivity index (χ0) is 16.2. The lowest BCUT2D eigenvalue weighted by Crippen LogP contribution is -2.34. The van der Waals surface area contributed by atoms with Crippen molar-refractivity contribution >= 4 is 17.5 Å². The van der Waals surface area contributed by atoms with E-state index in [4.69, 9.17) is 5.73 Å². The minimum absolute atomic E-state index is 0.0871. The zero-order valence-corrected chi connectivity index (χ0v) is 13.4. The van der Waals surface area contributed by atoms with Gasteiger partial charge < -0.3 is 16.4 Å². The van der Waals surface area contributed by atoms with Gasteiger partial charge in [-0.25, -0.2) is 0 Å². The Kier molecular flexibility index (Phi) is 5.90. The molecule has 0 aliphatic rings. The van der Waals surface area contributed by atoms with Crippen LogP contribution in [0.5, 0.6) is 0 Å². The van der Waals surface area contributed by atoms with Gasteiger partial charge >= 0.3 is 0 Å². The van der Waals surface area contributed by atoms with E-state index in [9.17, 15) is 9.59 Å². The summed E-state index contributed by atoms with van der Waals surface area (Å²) in [7, 11) is 0. The Balaban J connectivity index is 2.84. The number of hydrogen-bond donors (Lipinski definition) is 3. The lowest BCUT2D eigenvalue weighted by Gasteiger charge is -2.17. The third-order valence-corrected chi connectivity index (χ3v) is 3.37. The van der Waals surface area contributed by atoms with Gasteiger partial charge in [-0.15, -0.1) is 0 Å². The second-order valence-electron chi connectivity index (χ2n) is 5.79. The quantitative estimate of drug-likeness (QED) is 0.776. The number of nitrogens with one attached hydrogen (secondary N) is 2. The van der Waals surface area contributed by atoms with Crippen molar-refractivity contribution in [3.63, 3.8) is 0 Å². The summed E-state index contributed by atoms with van der Waals surface area (Å²) in [6.45, 7) is 9.28. The molecular formula is C16H25N3O2. The van der Waals surface area contributed by atoms with Crippen molar-refractivity contribution in [2.75, 3.05) is 5.32 Å². The van der Waals surface area contributed by atoms with E-state index < -0.39 is 0 Å². The Morgan fingerprint density at radius 2 is 1.76 bits per heavy atom. The average Bonchev–Trinajstić information content (AvgIpc) is 2.38. The number of carbonyl (C=O) groups is 2. The van der Waals surface area contributed by atoms with Gasteiger partial charge in [0.2, 0.25) is 5.91 Å². The van der Waals surface area contributed by atoms with E-state index in [1.165, 1.54) is 0 Å². The Labute approximate surface area is 126 Å². The van der Waals surface area contributed by atoms with Crippen molar-refractivity contribution in [3.05, 3.63) is 29.3 Å². The number of hydrogen-bond acceptors (Lipinski definition) is 3. The first-order valence-corrected chi connectivity index (χ1v) is 7.20. The monoisotopic (exact) mass is 291 g/mol. The third kappa shape index (κ3) is 4.86. The maximum atomic E-state index is 12.0. The molecule has 0 fully saturated rings. The molecule has 0 bridgehead atoms. The second kappa shape index (κ2) is 7.22. The van der Waals surface area contributed by atoms with Crippen LogP contribution >= 0.6 is 0 Å². The molecule has 0 aromatic heterocycles. The highest BCUT2D eigenvalue weighted by Gasteiger charge is 2.18. The van der Waals surface area contributed by atoms with E-state index in [0.717, 1.165) is 5.56 Å². The Hall–Kier alpha value is -1.88. The highest BCUT2D eigenvalue weighted by atomic mass is 16.2. The molecule has 0 saturated carbocycles. The second-order valence-corrected chi connectivity index (χ2v) is 5.79. The van der Waals surface area contributed by atoms with Crippen LogP contribution < -0.4 is 16.4 Å². The first-order chi connectivity index (χ1) is 9.72. The smallest absolute Gasteiger partial charge is 0.251 e. The number of aryl methyl sites for hydroxylation is 1. The Morgan fingerprint density at radius 1 is 1.14 bits per heavy atom. The molecule has 5 heteroatoms. The van der Waals surface area contributed by atoms with Crippen molar-refractivity contribution in [3.8, 4) is 0 Å². The molecule has 2 atom stereocenters. The van der Waals surface area contributed by atoms with Gasteiger partial charge in [0.05, 0.1) is 5.92 Å². The van der Waals surface area contributed by atoms with Crippen molar-refractivity contribution in [1.82, 2.24) is 5.32 Å². The van der Waals surface area contributed by atoms with E-state index in [1.807, 2.05) is 20.8 Å². The largest absolute Gasteiger partial charge is 0.350 e. The molecule has 1 rings (SSSR count). The van der Waals surface area contributed by atoms with Crippen LogP contribution in [-0.4, -0.2) is 23.9 Å². The van der Waals surface area contributed by atoms with Gasteiger partial charge in [-0.2, -0.15) is 0 Å². The molecule has 1 aromatic carbocycles. The van der Waals surface area contributed by atoms with Crippen molar-refractivity contribution in [1.29, 1.82) is 0 Å². The molecular weight excluding hydrogens is 266 g/mol. The van der Waals surface area contributed by atoms with E-state index in [-0.39, 0.29) is 29.8 Å². The van der Waals surface area contributed by atoms with Crippen molar-refractivity contribution in [2.45, 2.75) is 46.7 Å². The van der Waals surface area contributed by atoms with E-state index in [1.54, 1.807) is 32.0 Å². The third-order valence-electron chi connectivity index (χ3n) is 3.37. The molecule has 0 aliphatic carbocycles. The molecule has 0 saturated heterocycles. The lowest BCUT2D eigenvalue weighted by atomic mass is 10.0. The summed E-state index contributed by atoms with van der Waals surface area (Å²) >= 11 is 0. The minimum atomic E-state index is -0.270. The summed E-state index contributed by atoms with van der Waals surface area (Å²) in [6.07, 6.45) is 0. The summed E-state index contributed by atoms with van der Waals surface area (Å²) in [5.74, 6) is -0.504. The summed E-state index contributed by atoms with van der Waals surface area (Å²) < 4.78 is 0. The Morgan fingerprint density at radius 3 is 2.24 bits per heavy atom. The standard InChI is InChI=1S/C16H25N3O2/c1-9(2)18-16(21)13-6-7-14(10(3)8-13)19-15(20)11(4)12(5)17/h6-9,11-12H,17H2,1-5H3,(H,18,21)(H,19,20). The summed E-state index contributed by atoms with van der Waals surface area (Å²) in [5.41, 5.74) is 7.85. The maximum Gasteiger partial charge on any atom is 0.251 e. The molecule has 5 nitrogen and oxygen atoms in total. The first kappa shape index (κ1) is 17.2. The fourth-order valence-electron chi connectivity index (χ4n) is 1.78. The van der Waals surface area contributed by atoms with Crippen LogP contribution in [-0.2, 0) is 4.79 Å². The van der Waals surface area contributed by atoms with Gasteiger partial charge in [-0.05, 0) is 51.5 Å². The molecule has 2 unspecified atom stereocenters. The van der Waals surface area contributed by atoms with Crippen LogP contribution in [0.4, 0.5) is 5.69 Å². The number of nitrogens with two attached hydrogens (primary N) is 1. The van der Waals surface area contributed by atoms with Crippen LogP contribution in [0.2, 0.25) is 0 Å². The topological polar surface area (TPSA) is 84.2 Å².